The normalized spacial score (nSPS) is 22.6. The fraction of sp³-hybridized carbons (Fsp3) is 0.615. The number of carbonyl (C=O) groups is 1. The van der Waals surface area contributed by atoms with Crippen molar-refractivity contribution in [1.82, 2.24) is 4.90 Å². The van der Waals surface area contributed by atoms with E-state index in [1.165, 1.54) is 11.3 Å². The number of hydrogen-bond acceptors (Lipinski definition) is 3. The third kappa shape index (κ3) is 3.32. The van der Waals surface area contributed by atoms with Crippen molar-refractivity contribution in [3.8, 4) is 0 Å². The molecule has 0 saturated carbocycles. The summed E-state index contributed by atoms with van der Waals surface area (Å²) in [7, 11) is 0. The smallest absolute Gasteiger partial charge is 0.265 e. The quantitative estimate of drug-likeness (QED) is 0.747. The summed E-state index contributed by atoms with van der Waals surface area (Å²) in [6.45, 7) is 7.11. The third-order valence-corrected chi connectivity index (χ3v) is 5.44. The van der Waals surface area contributed by atoms with E-state index >= 15 is 0 Å². The summed E-state index contributed by atoms with van der Waals surface area (Å²) in [6, 6.07) is 0. The van der Waals surface area contributed by atoms with Gasteiger partial charge in [-0.15, -0.1) is 11.3 Å². The molecule has 1 aromatic rings. The molecular formula is C13H17BrClNO2S. The van der Waals surface area contributed by atoms with Gasteiger partial charge in [-0.3, -0.25) is 4.79 Å². The number of aryl methyl sites for hydroxylation is 1. The Bertz CT molecular complexity index is 489. The van der Waals surface area contributed by atoms with Crippen LogP contribution in [0.2, 0.25) is 5.02 Å². The van der Waals surface area contributed by atoms with Gasteiger partial charge in [0, 0.05) is 18.4 Å². The second-order valence-corrected chi connectivity index (χ2v) is 7.31. The number of halogens is 2. The lowest BCUT2D eigenvalue weighted by Gasteiger charge is -2.42. The predicted molar refractivity (Wildman–Crippen MR) is 82.7 cm³/mol. The first-order valence-electron chi connectivity index (χ1n) is 6.10. The molecule has 2 heterocycles. The van der Waals surface area contributed by atoms with Gasteiger partial charge in [-0.05, 0) is 31.7 Å². The van der Waals surface area contributed by atoms with Crippen LogP contribution in [0, 0.1) is 6.92 Å². The minimum absolute atomic E-state index is 0.00502. The minimum Gasteiger partial charge on any atom is -0.368 e. The van der Waals surface area contributed by atoms with Gasteiger partial charge < -0.3 is 9.64 Å². The molecule has 3 nitrogen and oxygen atoms in total. The fourth-order valence-electron chi connectivity index (χ4n) is 2.25. The lowest BCUT2D eigenvalue weighted by atomic mass is 10.1. The minimum atomic E-state index is -0.328. The van der Waals surface area contributed by atoms with Gasteiger partial charge in [-0.1, -0.05) is 27.5 Å². The van der Waals surface area contributed by atoms with Crippen molar-refractivity contribution in [2.45, 2.75) is 32.5 Å². The number of nitrogens with zero attached hydrogens (tertiary/aromatic N) is 1. The van der Waals surface area contributed by atoms with Crippen LogP contribution >= 0.6 is 38.9 Å². The van der Waals surface area contributed by atoms with E-state index in [1.54, 1.807) is 0 Å². The number of ether oxygens (including phenoxy) is 1. The molecule has 1 aliphatic heterocycles. The first-order valence-corrected chi connectivity index (χ1v) is 8.48. The zero-order valence-corrected chi connectivity index (χ0v) is 14.4. The number of carbonyl (C=O) groups excluding carboxylic acids is 1. The molecule has 1 saturated heterocycles. The molecule has 0 aliphatic carbocycles. The number of morpholine rings is 1. The van der Waals surface area contributed by atoms with Crippen molar-refractivity contribution in [3.05, 3.63) is 20.8 Å². The molecular weight excluding hydrogens is 350 g/mol. The molecule has 106 valence electrons. The molecule has 1 aliphatic rings. The number of amides is 1. The van der Waals surface area contributed by atoms with Crippen LogP contribution in [0.5, 0.6) is 0 Å². The Hall–Kier alpha value is -0.100. The molecule has 1 aromatic heterocycles. The molecule has 0 radical (unpaired) electrons. The van der Waals surface area contributed by atoms with Gasteiger partial charge in [-0.25, -0.2) is 0 Å². The van der Waals surface area contributed by atoms with E-state index in [1.807, 2.05) is 31.1 Å². The van der Waals surface area contributed by atoms with Gasteiger partial charge in [0.15, 0.2) is 0 Å². The Kier molecular flexibility index (Phi) is 4.60. The van der Waals surface area contributed by atoms with Gasteiger partial charge in [0.2, 0.25) is 0 Å². The van der Waals surface area contributed by atoms with E-state index < -0.39 is 0 Å². The zero-order valence-electron chi connectivity index (χ0n) is 11.2. The highest BCUT2D eigenvalue weighted by molar-refractivity contribution is 9.09. The Balaban J connectivity index is 2.21. The summed E-state index contributed by atoms with van der Waals surface area (Å²) in [5.41, 5.74) is 0.630. The van der Waals surface area contributed by atoms with Crippen LogP contribution in [0.1, 0.15) is 29.1 Å². The zero-order chi connectivity index (χ0) is 14.2. The number of rotatable bonds is 2. The van der Waals surface area contributed by atoms with Crippen LogP contribution in [0.3, 0.4) is 0 Å². The van der Waals surface area contributed by atoms with Crippen molar-refractivity contribution < 1.29 is 9.53 Å². The molecule has 1 atom stereocenters. The Labute approximate surface area is 131 Å². The molecule has 19 heavy (non-hydrogen) atoms. The lowest BCUT2D eigenvalue weighted by molar-refractivity contribution is -0.116. The summed E-state index contributed by atoms with van der Waals surface area (Å²) in [6.07, 6.45) is 0.0209. The summed E-state index contributed by atoms with van der Waals surface area (Å²) in [4.78, 5) is 15.0. The van der Waals surface area contributed by atoms with Crippen LogP contribution < -0.4 is 0 Å². The highest BCUT2D eigenvalue weighted by Gasteiger charge is 2.36. The Morgan fingerprint density at radius 3 is 2.89 bits per heavy atom. The van der Waals surface area contributed by atoms with Crippen molar-refractivity contribution >= 4 is 44.8 Å². The molecule has 1 fully saturated rings. The van der Waals surface area contributed by atoms with Gasteiger partial charge in [0.05, 0.1) is 16.7 Å². The maximum Gasteiger partial charge on any atom is 0.265 e. The topological polar surface area (TPSA) is 29.5 Å². The first-order chi connectivity index (χ1) is 8.84. The van der Waals surface area contributed by atoms with Crippen LogP contribution in [0.25, 0.3) is 0 Å². The molecule has 1 amide bonds. The standard InChI is InChI=1S/C13H17BrClNO2S/c1-8-6-19-11(10(8)15)12(17)16-5-9(4-14)18-13(2,3)7-16/h6,9H,4-5,7H2,1-3H3. The van der Waals surface area contributed by atoms with Crippen LogP contribution in [0.15, 0.2) is 5.38 Å². The van der Waals surface area contributed by atoms with Gasteiger partial charge in [-0.2, -0.15) is 0 Å². The SMILES string of the molecule is Cc1csc(C(=O)N2CC(CBr)OC(C)(C)C2)c1Cl. The first kappa shape index (κ1) is 15.3. The second kappa shape index (κ2) is 5.72. The van der Waals surface area contributed by atoms with Gasteiger partial charge >= 0.3 is 0 Å². The van der Waals surface area contributed by atoms with E-state index in [0.717, 1.165) is 10.9 Å². The predicted octanol–water partition coefficient (Wildman–Crippen LogP) is 3.72. The molecule has 6 heteroatoms. The highest BCUT2D eigenvalue weighted by atomic mass is 79.9. The van der Waals surface area contributed by atoms with Gasteiger partial charge in [0.1, 0.15) is 4.88 Å². The molecule has 0 N–H and O–H groups in total. The lowest BCUT2D eigenvalue weighted by Crippen LogP contribution is -2.55. The number of thiophene rings is 1. The van der Waals surface area contributed by atoms with Crippen molar-refractivity contribution in [1.29, 1.82) is 0 Å². The average molecular weight is 367 g/mol. The molecule has 2 rings (SSSR count). The van der Waals surface area contributed by atoms with Crippen LogP contribution in [-0.4, -0.2) is 40.9 Å². The average Bonchev–Trinajstić information content (AvgIpc) is 2.67. The monoisotopic (exact) mass is 365 g/mol. The maximum absolute atomic E-state index is 12.6. The van der Waals surface area contributed by atoms with E-state index in [4.69, 9.17) is 16.3 Å². The van der Waals surface area contributed by atoms with E-state index in [0.29, 0.717) is 23.0 Å². The fourth-order valence-corrected chi connectivity index (χ4v) is 3.83. The summed E-state index contributed by atoms with van der Waals surface area (Å²) in [5, 5.41) is 3.22. The molecule has 0 bridgehead atoms. The van der Waals surface area contributed by atoms with Crippen molar-refractivity contribution in [2.24, 2.45) is 0 Å². The van der Waals surface area contributed by atoms with E-state index in [-0.39, 0.29) is 17.6 Å². The van der Waals surface area contributed by atoms with Crippen LogP contribution in [0.4, 0.5) is 0 Å². The third-order valence-electron chi connectivity index (χ3n) is 3.03. The molecule has 1 unspecified atom stereocenters. The van der Waals surface area contributed by atoms with Crippen molar-refractivity contribution in [3.63, 3.8) is 0 Å². The largest absolute Gasteiger partial charge is 0.368 e. The number of alkyl halides is 1. The summed E-state index contributed by atoms with van der Waals surface area (Å²) < 4.78 is 5.90. The maximum atomic E-state index is 12.6. The second-order valence-electron chi connectivity index (χ2n) is 5.40. The van der Waals surface area contributed by atoms with Crippen LogP contribution in [-0.2, 0) is 4.74 Å². The Morgan fingerprint density at radius 1 is 1.68 bits per heavy atom. The van der Waals surface area contributed by atoms with Crippen molar-refractivity contribution in [2.75, 3.05) is 18.4 Å². The molecule has 0 aromatic carbocycles. The van der Waals surface area contributed by atoms with E-state index in [9.17, 15) is 4.79 Å². The summed E-state index contributed by atoms with van der Waals surface area (Å²) in [5.74, 6) is 0.00502. The highest BCUT2D eigenvalue weighted by Crippen LogP contribution is 2.30. The van der Waals surface area contributed by atoms with Gasteiger partial charge in [0.25, 0.3) is 5.91 Å². The molecule has 0 spiro atoms. The Morgan fingerprint density at radius 2 is 2.37 bits per heavy atom. The number of hydrogen-bond donors (Lipinski definition) is 0. The van der Waals surface area contributed by atoms with E-state index in [2.05, 4.69) is 15.9 Å². The summed E-state index contributed by atoms with van der Waals surface area (Å²) >= 11 is 11.0.